The van der Waals surface area contributed by atoms with E-state index < -0.39 is 9.84 Å². The van der Waals surface area contributed by atoms with E-state index in [2.05, 4.69) is 31.4 Å². The van der Waals surface area contributed by atoms with Crippen molar-refractivity contribution in [2.45, 2.75) is 51.2 Å². The number of nitrogen functional groups attached to an aromatic ring is 1. The molecule has 2 N–H and O–H groups in total. The van der Waals surface area contributed by atoms with Gasteiger partial charge in [0.1, 0.15) is 11.3 Å². The monoisotopic (exact) mass is 388 g/mol. The Labute approximate surface area is 158 Å². The number of hydrogen-bond acceptors (Lipinski definition) is 7. The van der Waals surface area contributed by atoms with Gasteiger partial charge >= 0.3 is 0 Å². The molecule has 8 nitrogen and oxygen atoms in total. The maximum Gasteiger partial charge on any atom is 0.246 e. The molecule has 0 fully saturated rings. The van der Waals surface area contributed by atoms with Crippen LogP contribution >= 0.6 is 0 Å². The number of hydrogen-bond donors (Lipinski definition) is 1. The Morgan fingerprint density at radius 1 is 1.11 bits per heavy atom. The highest BCUT2D eigenvalue weighted by Crippen LogP contribution is 2.24. The van der Waals surface area contributed by atoms with E-state index >= 15 is 0 Å². The molecule has 0 spiro atoms. The number of fused-ring (bicyclic) bond motifs is 1. The molecule has 3 rings (SSSR count). The van der Waals surface area contributed by atoms with Crippen LogP contribution < -0.4 is 5.73 Å². The molecule has 0 saturated heterocycles. The molecule has 3 aromatic rings. The zero-order valence-electron chi connectivity index (χ0n) is 15.6. The van der Waals surface area contributed by atoms with Gasteiger partial charge < -0.3 is 10.3 Å². The van der Waals surface area contributed by atoms with Crippen LogP contribution in [0.1, 0.15) is 37.6 Å². The molecule has 9 heteroatoms. The lowest BCUT2D eigenvalue weighted by Crippen LogP contribution is -2.11. The Kier molecular flexibility index (Phi) is 5.69. The molecule has 0 bridgehead atoms. The number of imidazole rings is 1. The molecule has 0 atom stereocenters. The number of nitrogens with two attached hydrogens (primary N) is 1. The van der Waals surface area contributed by atoms with Gasteiger partial charge in [-0.2, -0.15) is 0 Å². The first-order valence-corrected chi connectivity index (χ1v) is 10.7. The van der Waals surface area contributed by atoms with Crippen LogP contribution in [0.2, 0.25) is 0 Å². The number of pyridine rings is 1. The molecule has 0 aliphatic carbocycles. The average molecular weight is 388 g/mol. The Bertz CT molecular complexity index is 1030. The quantitative estimate of drug-likeness (QED) is 0.465. The van der Waals surface area contributed by atoms with E-state index in [4.69, 9.17) is 5.73 Å². The average Bonchev–Trinajstić information content (AvgIpc) is 3.05. The zero-order chi connectivity index (χ0) is 19.4. The smallest absolute Gasteiger partial charge is 0.246 e. The Morgan fingerprint density at radius 3 is 2.56 bits per heavy atom. The third-order valence-corrected chi connectivity index (χ3v) is 6.08. The Morgan fingerprint density at radius 2 is 1.85 bits per heavy atom. The van der Waals surface area contributed by atoms with E-state index in [0.29, 0.717) is 12.2 Å². The number of nitrogens with zero attached hydrogens (tertiary/aromatic N) is 5. The summed E-state index contributed by atoms with van der Waals surface area (Å²) in [6.45, 7) is 4.83. The second kappa shape index (κ2) is 7.99. The number of sulfone groups is 1. The van der Waals surface area contributed by atoms with Crippen molar-refractivity contribution in [3.05, 3.63) is 36.0 Å². The third-order valence-electron chi connectivity index (χ3n) is 4.49. The van der Waals surface area contributed by atoms with Gasteiger partial charge in [-0.05, 0) is 31.4 Å². The molecule has 0 saturated carbocycles. The van der Waals surface area contributed by atoms with Crippen LogP contribution in [0, 0.1) is 6.92 Å². The van der Waals surface area contributed by atoms with Crippen molar-refractivity contribution in [3.63, 3.8) is 0 Å². The first-order chi connectivity index (χ1) is 12.9. The first-order valence-electron chi connectivity index (χ1n) is 9.04. The van der Waals surface area contributed by atoms with Crippen LogP contribution in [0.25, 0.3) is 11.0 Å². The standard InChI is InChI=1S/C18H24N6O2S/c1-3-14-23-15-16(13(2)12-22-17(15)19)24(14)10-5-4-6-11-27(25,26)18-20-8-7-9-21-18/h7-9,12H,3-6,10-11H2,1-2H3,(H2,19,22). The Balaban J connectivity index is 1.64. The summed E-state index contributed by atoms with van der Waals surface area (Å²) < 4.78 is 26.6. The highest BCUT2D eigenvalue weighted by Gasteiger charge is 2.17. The van der Waals surface area contributed by atoms with Gasteiger partial charge in [-0.25, -0.2) is 28.4 Å². The highest BCUT2D eigenvalue weighted by atomic mass is 32.2. The molecule has 0 aromatic carbocycles. The highest BCUT2D eigenvalue weighted by molar-refractivity contribution is 7.91. The summed E-state index contributed by atoms with van der Waals surface area (Å²) in [7, 11) is -3.42. The number of unbranched alkanes of at least 4 members (excludes halogenated alkanes) is 2. The second-order valence-electron chi connectivity index (χ2n) is 6.47. The second-order valence-corrected chi connectivity index (χ2v) is 8.47. The van der Waals surface area contributed by atoms with Gasteiger partial charge in [0, 0.05) is 31.6 Å². The number of aryl methyl sites for hydroxylation is 3. The van der Waals surface area contributed by atoms with Gasteiger partial charge in [0.25, 0.3) is 0 Å². The fourth-order valence-corrected chi connectivity index (χ4v) is 4.36. The van der Waals surface area contributed by atoms with Crippen molar-refractivity contribution in [2.24, 2.45) is 0 Å². The summed E-state index contributed by atoms with van der Waals surface area (Å²) >= 11 is 0. The van der Waals surface area contributed by atoms with Gasteiger partial charge in [-0.1, -0.05) is 13.3 Å². The van der Waals surface area contributed by atoms with Crippen LogP contribution in [-0.4, -0.2) is 38.7 Å². The number of aromatic nitrogens is 5. The first kappa shape index (κ1) is 19.2. The lowest BCUT2D eigenvalue weighted by molar-refractivity contribution is 0.569. The fraction of sp³-hybridized carbons (Fsp3) is 0.444. The molecule has 0 aliphatic rings. The molecule has 0 aliphatic heterocycles. The fourth-order valence-electron chi connectivity index (χ4n) is 3.15. The van der Waals surface area contributed by atoms with Crippen molar-refractivity contribution in [3.8, 4) is 0 Å². The van der Waals surface area contributed by atoms with Crippen LogP contribution in [0.3, 0.4) is 0 Å². The predicted molar refractivity (Wildman–Crippen MR) is 104 cm³/mol. The van der Waals surface area contributed by atoms with Crippen molar-refractivity contribution in [2.75, 3.05) is 11.5 Å². The van der Waals surface area contributed by atoms with E-state index in [-0.39, 0.29) is 10.9 Å². The molecule has 0 unspecified atom stereocenters. The van der Waals surface area contributed by atoms with Crippen molar-refractivity contribution in [1.82, 2.24) is 24.5 Å². The lowest BCUT2D eigenvalue weighted by Gasteiger charge is -2.10. The van der Waals surface area contributed by atoms with Crippen molar-refractivity contribution >= 4 is 26.7 Å². The lowest BCUT2D eigenvalue weighted by atomic mass is 10.2. The van der Waals surface area contributed by atoms with Gasteiger partial charge in [-0.15, -0.1) is 0 Å². The zero-order valence-corrected chi connectivity index (χ0v) is 16.4. The van der Waals surface area contributed by atoms with Crippen LogP contribution in [0.5, 0.6) is 0 Å². The summed E-state index contributed by atoms with van der Waals surface area (Å²) in [6, 6.07) is 1.60. The minimum Gasteiger partial charge on any atom is -0.382 e. The molecular weight excluding hydrogens is 364 g/mol. The van der Waals surface area contributed by atoms with E-state index in [1.165, 1.54) is 12.4 Å². The van der Waals surface area contributed by atoms with Gasteiger partial charge in [0.2, 0.25) is 15.0 Å². The predicted octanol–water partition coefficient (Wildman–Crippen LogP) is 2.32. The molecule has 144 valence electrons. The minimum atomic E-state index is -3.42. The molecule has 0 amide bonds. The van der Waals surface area contributed by atoms with Crippen molar-refractivity contribution < 1.29 is 8.42 Å². The van der Waals surface area contributed by atoms with Gasteiger partial charge in [0.05, 0.1) is 11.3 Å². The Hall–Kier alpha value is -2.55. The van der Waals surface area contributed by atoms with Gasteiger partial charge in [-0.3, -0.25) is 0 Å². The normalized spacial score (nSPS) is 11.9. The summed E-state index contributed by atoms with van der Waals surface area (Å²) in [5.74, 6) is 1.47. The molecule has 27 heavy (non-hydrogen) atoms. The van der Waals surface area contributed by atoms with E-state index in [1.54, 1.807) is 12.3 Å². The van der Waals surface area contributed by atoms with E-state index in [1.807, 2.05) is 6.92 Å². The minimum absolute atomic E-state index is 0.0538. The largest absolute Gasteiger partial charge is 0.382 e. The third kappa shape index (κ3) is 4.08. The van der Waals surface area contributed by atoms with Crippen LogP contribution in [0.15, 0.2) is 29.8 Å². The summed E-state index contributed by atoms with van der Waals surface area (Å²) in [4.78, 5) is 16.5. The SMILES string of the molecule is CCc1nc2c(N)ncc(C)c2n1CCCCCS(=O)(=O)c1ncccn1. The number of anilines is 1. The summed E-state index contributed by atoms with van der Waals surface area (Å²) in [6.07, 6.45) is 7.66. The molecule has 3 aromatic heterocycles. The molecule has 0 radical (unpaired) electrons. The summed E-state index contributed by atoms with van der Waals surface area (Å²) in [5, 5.41) is -0.0996. The van der Waals surface area contributed by atoms with E-state index in [0.717, 1.165) is 48.2 Å². The molecule has 3 heterocycles. The van der Waals surface area contributed by atoms with Gasteiger partial charge in [0.15, 0.2) is 5.82 Å². The van der Waals surface area contributed by atoms with E-state index in [9.17, 15) is 8.42 Å². The van der Waals surface area contributed by atoms with Crippen molar-refractivity contribution in [1.29, 1.82) is 0 Å². The number of rotatable bonds is 8. The van der Waals surface area contributed by atoms with Crippen LogP contribution in [-0.2, 0) is 22.8 Å². The van der Waals surface area contributed by atoms with Crippen LogP contribution in [0.4, 0.5) is 5.82 Å². The molecular formula is C18H24N6O2S. The maximum absolute atomic E-state index is 12.2. The topological polar surface area (TPSA) is 117 Å². The summed E-state index contributed by atoms with van der Waals surface area (Å²) in [5.41, 5.74) is 8.78. The maximum atomic E-state index is 12.2.